The molecule has 128 valence electrons. The molecule has 0 atom stereocenters. The minimum atomic E-state index is 0.288. The maximum atomic E-state index is 6.31. The normalized spacial score (nSPS) is 19.8. The first-order valence-corrected chi connectivity index (χ1v) is 8.95. The molecule has 0 unspecified atom stereocenters. The Labute approximate surface area is 144 Å². The fraction of sp³-hybridized carbons (Fsp3) is 0.667. The molecule has 0 radical (unpaired) electrons. The predicted molar refractivity (Wildman–Crippen MR) is 93.7 cm³/mol. The standard InChI is InChI=1S/C18H27ClN2O2/c1-21(2)18(6-4-3-5-7-18)13-20-12-14-10-15(19)17-16(11-14)22-8-9-23-17/h10-11,20H,3-9,12-13H2,1-2H3. The minimum Gasteiger partial charge on any atom is -0.486 e. The molecule has 1 aromatic rings. The van der Waals surface area contributed by atoms with Gasteiger partial charge < -0.3 is 19.7 Å². The predicted octanol–water partition coefficient (Wildman–Crippen LogP) is 3.47. The van der Waals surface area contributed by atoms with Crippen LogP contribution in [0.1, 0.15) is 37.7 Å². The lowest BCUT2D eigenvalue weighted by molar-refractivity contribution is 0.0983. The maximum Gasteiger partial charge on any atom is 0.179 e. The summed E-state index contributed by atoms with van der Waals surface area (Å²) in [4.78, 5) is 2.40. The summed E-state index contributed by atoms with van der Waals surface area (Å²) in [6.45, 7) is 2.96. The van der Waals surface area contributed by atoms with E-state index < -0.39 is 0 Å². The zero-order valence-electron chi connectivity index (χ0n) is 14.2. The van der Waals surface area contributed by atoms with Gasteiger partial charge in [0.15, 0.2) is 11.5 Å². The van der Waals surface area contributed by atoms with Crippen LogP contribution in [0.3, 0.4) is 0 Å². The van der Waals surface area contributed by atoms with Crippen LogP contribution in [0, 0.1) is 0 Å². The van der Waals surface area contributed by atoms with Gasteiger partial charge in [0, 0.05) is 18.6 Å². The molecule has 5 heteroatoms. The lowest BCUT2D eigenvalue weighted by atomic mass is 9.80. The van der Waals surface area contributed by atoms with Crippen LogP contribution in [0.2, 0.25) is 5.02 Å². The van der Waals surface area contributed by atoms with E-state index in [0.29, 0.717) is 24.0 Å². The van der Waals surface area contributed by atoms with E-state index in [2.05, 4.69) is 24.3 Å². The van der Waals surface area contributed by atoms with Crippen LogP contribution < -0.4 is 14.8 Å². The molecule has 0 aromatic heterocycles. The average molecular weight is 339 g/mol. The molecule has 1 aromatic carbocycles. The highest BCUT2D eigenvalue weighted by molar-refractivity contribution is 6.32. The summed E-state index contributed by atoms with van der Waals surface area (Å²) in [6.07, 6.45) is 6.57. The summed E-state index contributed by atoms with van der Waals surface area (Å²) < 4.78 is 11.2. The van der Waals surface area contributed by atoms with E-state index in [1.54, 1.807) is 0 Å². The van der Waals surface area contributed by atoms with E-state index in [1.165, 1.54) is 32.1 Å². The summed E-state index contributed by atoms with van der Waals surface area (Å²) in [5, 5.41) is 4.27. The third kappa shape index (κ3) is 3.76. The van der Waals surface area contributed by atoms with E-state index in [1.807, 2.05) is 12.1 Å². The molecule has 1 fully saturated rings. The summed E-state index contributed by atoms with van der Waals surface area (Å²) in [5.74, 6) is 1.44. The Morgan fingerprint density at radius 1 is 1.13 bits per heavy atom. The molecule has 0 amide bonds. The van der Waals surface area contributed by atoms with Crippen molar-refractivity contribution in [1.82, 2.24) is 10.2 Å². The van der Waals surface area contributed by atoms with Gasteiger partial charge in [-0.2, -0.15) is 0 Å². The molecule has 3 rings (SSSR count). The van der Waals surface area contributed by atoms with Crippen LogP contribution >= 0.6 is 11.6 Å². The summed E-state index contributed by atoms with van der Waals surface area (Å²) in [7, 11) is 4.40. The first-order valence-electron chi connectivity index (χ1n) is 8.57. The summed E-state index contributed by atoms with van der Waals surface area (Å²) in [5.41, 5.74) is 1.43. The van der Waals surface area contributed by atoms with Gasteiger partial charge in [-0.1, -0.05) is 30.9 Å². The van der Waals surface area contributed by atoms with E-state index in [4.69, 9.17) is 21.1 Å². The van der Waals surface area contributed by atoms with Gasteiger partial charge in [-0.25, -0.2) is 0 Å². The number of rotatable bonds is 5. The molecule has 1 aliphatic carbocycles. The second kappa shape index (κ2) is 7.29. The van der Waals surface area contributed by atoms with Crippen molar-refractivity contribution in [3.8, 4) is 11.5 Å². The number of hydrogen-bond acceptors (Lipinski definition) is 4. The molecular formula is C18H27ClN2O2. The van der Waals surface area contributed by atoms with Gasteiger partial charge in [0.05, 0.1) is 5.02 Å². The molecule has 1 heterocycles. The number of fused-ring (bicyclic) bond motifs is 1. The maximum absolute atomic E-state index is 6.31. The van der Waals surface area contributed by atoms with Crippen molar-refractivity contribution in [3.05, 3.63) is 22.7 Å². The third-order valence-electron chi connectivity index (χ3n) is 5.17. The van der Waals surface area contributed by atoms with Crippen molar-refractivity contribution < 1.29 is 9.47 Å². The lowest BCUT2D eigenvalue weighted by Crippen LogP contribution is -2.52. The van der Waals surface area contributed by atoms with Crippen molar-refractivity contribution in [2.75, 3.05) is 33.9 Å². The molecule has 0 spiro atoms. The highest BCUT2D eigenvalue weighted by Gasteiger charge is 2.33. The Morgan fingerprint density at radius 2 is 1.87 bits per heavy atom. The van der Waals surface area contributed by atoms with Crippen molar-refractivity contribution >= 4 is 11.6 Å². The van der Waals surface area contributed by atoms with Crippen LogP contribution in [0.4, 0.5) is 0 Å². The van der Waals surface area contributed by atoms with Crippen LogP contribution in [0.15, 0.2) is 12.1 Å². The number of nitrogens with one attached hydrogen (secondary N) is 1. The lowest BCUT2D eigenvalue weighted by Gasteiger charge is -2.43. The second-order valence-electron chi connectivity index (χ2n) is 6.88. The number of benzene rings is 1. The fourth-order valence-electron chi connectivity index (χ4n) is 3.70. The Kier molecular flexibility index (Phi) is 5.34. The SMILES string of the molecule is CN(C)C1(CNCc2cc(Cl)c3c(c2)OCCO3)CCCCC1. The third-order valence-corrected chi connectivity index (χ3v) is 5.45. The van der Waals surface area contributed by atoms with Gasteiger partial charge in [-0.05, 0) is 44.6 Å². The molecule has 1 aliphatic heterocycles. The molecule has 4 nitrogen and oxygen atoms in total. The van der Waals surface area contributed by atoms with E-state index in [0.717, 1.165) is 24.4 Å². The van der Waals surface area contributed by atoms with Gasteiger partial charge in [0.1, 0.15) is 13.2 Å². The van der Waals surface area contributed by atoms with Crippen LogP contribution in [-0.4, -0.2) is 44.3 Å². The smallest absolute Gasteiger partial charge is 0.179 e. The summed E-state index contributed by atoms with van der Waals surface area (Å²) >= 11 is 6.31. The molecule has 1 N–H and O–H groups in total. The highest BCUT2D eigenvalue weighted by atomic mass is 35.5. The fourth-order valence-corrected chi connectivity index (χ4v) is 3.99. The van der Waals surface area contributed by atoms with Gasteiger partial charge in [0.25, 0.3) is 0 Å². The van der Waals surface area contributed by atoms with E-state index in [-0.39, 0.29) is 5.54 Å². The number of nitrogens with zero attached hydrogens (tertiary/aromatic N) is 1. The number of halogens is 1. The topological polar surface area (TPSA) is 33.7 Å². The van der Waals surface area contributed by atoms with Crippen molar-refractivity contribution in [2.24, 2.45) is 0 Å². The monoisotopic (exact) mass is 338 g/mol. The molecular weight excluding hydrogens is 312 g/mol. The zero-order valence-corrected chi connectivity index (χ0v) is 14.9. The molecule has 23 heavy (non-hydrogen) atoms. The average Bonchev–Trinajstić information content (AvgIpc) is 2.56. The van der Waals surface area contributed by atoms with Crippen LogP contribution in [0.5, 0.6) is 11.5 Å². The zero-order chi connectivity index (χ0) is 16.3. The molecule has 1 saturated carbocycles. The van der Waals surface area contributed by atoms with Crippen molar-refractivity contribution in [1.29, 1.82) is 0 Å². The van der Waals surface area contributed by atoms with Gasteiger partial charge >= 0.3 is 0 Å². The number of hydrogen-bond donors (Lipinski definition) is 1. The highest BCUT2D eigenvalue weighted by Crippen LogP contribution is 2.38. The second-order valence-corrected chi connectivity index (χ2v) is 7.29. The quantitative estimate of drug-likeness (QED) is 0.891. The van der Waals surface area contributed by atoms with Crippen LogP contribution in [0.25, 0.3) is 0 Å². The summed E-state index contributed by atoms with van der Waals surface area (Å²) in [6, 6.07) is 4.02. The first kappa shape index (κ1) is 16.9. The van der Waals surface area contributed by atoms with Gasteiger partial charge in [-0.15, -0.1) is 0 Å². The minimum absolute atomic E-state index is 0.288. The van der Waals surface area contributed by atoms with Gasteiger partial charge in [0.2, 0.25) is 0 Å². The number of likely N-dealkylation sites (N-methyl/N-ethyl adjacent to an activating group) is 1. The Balaban J connectivity index is 1.63. The Hall–Kier alpha value is -0.970. The Bertz CT molecular complexity index is 542. The first-order chi connectivity index (χ1) is 11.1. The molecule has 0 saturated heterocycles. The van der Waals surface area contributed by atoms with Crippen molar-refractivity contribution in [2.45, 2.75) is 44.2 Å². The van der Waals surface area contributed by atoms with E-state index in [9.17, 15) is 0 Å². The van der Waals surface area contributed by atoms with Crippen molar-refractivity contribution in [3.63, 3.8) is 0 Å². The molecule has 2 aliphatic rings. The number of ether oxygens (including phenoxy) is 2. The Morgan fingerprint density at radius 3 is 2.61 bits per heavy atom. The van der Waals surface area contributed by atoms with E-state index >= 15 is 0 Å². The largest absolute Gasteiger partial charge is 0.486 e. The van der Waals surface area contributed by atoms with Gasteiger partial charge in [-0.3, -0.25) is 0 Å². The van der Waals surface area contributed by atoms with Crippen LogP contribution in [-0.2, 0) is 6.54 Å². The molecule has 0 bridgehead atoms.